The molecule has 2 aromatic carbocycles. The van der Waals surface area contributed by atoms with Gasteiger partial charge in [-0.25, -0.2) is 0 Å². The van der Waals surface area contributed by atoms with E-state index in [2.05, 4.69) is 5.32 Å². The molecule has 0 saturated heterocycles. The van der Waals surface area contributed by atoms with Crippen molar-refractivity contribution in [2.45, 2.75) is 6.92 Å². The number of nitrogens with one attached hydrogen (secondary N) is 1. The molecule has 2 rings (SSSR count). The van der Waals surface area contributed by atoms with Gasteiger partial charge in [0, 0.05) is 33.6 Å². The second-order valence-electron chi connectivity index (χ2n) is 4.37. The largest absolute Gasteiger partial charge is 0.361 e. The topological polar surface area (TPSA) is 29.1 Å². The van der Waals surface area contributed by atoms with E-state index in [1.54, 1.807) is 36.5 Å². The summed E-state index contributed by atoms with van der Waals surface area (Å²) in [7, 11) is 0. The van der Waals surface area contributed by atoms with Crippen LogP contribution in [0.2, 0.25) is 10.0 Å². The van der Waals surface area contributed by atoms with Gasteiger partial charge in [-0.05, 0) is 25.1 Å². The summed E-state index contributed by atoms with van der Waals surface area (Å²) < 4.78 is 0. The maximum Gasteiger partial charge on any atom is 0.187 e. The molecule has 2 aromatic rings. The van der Waals surface area contributed by atoms with Gasteiger partial charge in [0.2, 0.25) is 0 Å². The number of anilines is 1. The van der Waals surface area contributed by atoms with Gasteiger partial charge in [-0.2, -0.15) is 0 Å². The van der Waals surface area contributed by atoms with E-state index >= 15 is 0 Å². The lowest BCUT2D eigenvalue weighted by Crippen LogP contribution is -1.96. The fourth-order valence-electron chi connectivity index (χ4n) is 1.66. The molecule has 4 heteroatoms. The average Bonchev–Trinajstić information content (AvgIpc) is 2.38. The fraction of sp³-hybridized carbons (Fsp3) is 0.0625. The summed E-state index contributed by atoms with van der Waals surface area (Å²) >= 11 is 11.8. The van der Waals surface area contributed by atoms with Gasteiger partial charge in [-0.1, -0.05) is 53.0 Å². The normalized spacial score (nSPS) is 10.8. The van der Waals surface area contributed by atoms with Crippen LogP contribution in [0.15, 0.2) is 54.7 Å². The Balaban J connectivity index is 2.02. The summed E-state index contributed by atoms with van der Waals surface area (Å²) in [6.07, 6.45) is 3.05. The van der Waals surface area contributed by atoms with E-state index in [0.717, 1.165) is 11.3 Å². The minimum absolute atomic E-state index is 0.0642. The minimum Gasteiger partial charge on any atom is -0.361 e. The molecule has 0 atom stereocenters. The second-order valence-corrected chi connectivity index (χ2v) is 5.24. The molecule has 2 nitrogen and oxygen atoms in total. The lowest BCUT2D eigenvalue weighted by atomic mass is 10.1. The first-order valence-electron chi connectivity index (χ1n) is 6.05. The van der Waals surface area contributed by atoms with Crippen LogP contribution in [0.4, 0.5) is 5.69 Å². The zero-order chi connectivity index (χ0) is 14.5. The van der Waals surface area contributed by atoms with E-state index in [-0.39, 0.29) is 5.78 Å². The van der Waals surface area contributed by atoms with E-state index in [9.17, 15) is 4.79 Å². The number of ketones is 1. The molecule has 0 aromatic heterocycles. The van der Waals surface area contributed by atoms with Gasteiger partial charge in [-0.3, -0.25) is 4.79 Å². The van der Waals surface area contributed by atoms with Crippen molar-refractivity contribution >= 4 is 34.7 Å². The van der Waals surface area contributed by atoms with Crippen molar-refractivity contribution in [2.75, 3.05) is 5.32 Å². The summed E-state index contributed by atoms with van der Waals surface area (Å²) in [5.74, 6) is -0.0642. The van der Waals surface area contributed by atoms with Crippen molar-refractivity contribution in [3.05, 3.63) is 75.9 Å². The lowest BCUT2D eigenvalue weighted by Gasteiger charge is -2.02. The van der Waals surface area contributed by atoms with Crippen LogP contribution < -0.4 is 5.32 Å². The number of benzene rings is 2. The highest BCUT2D eigenvalue weighted by atomic mass is 35.5. The zero-order valence-electron chi connectivity index (χ0n) is 10.9. The molecule has 0 fully saturated rings. The summed E-state index contributed by atoms with van der Waals surface area (Å²) in [5.41, 5.74) is 2.51. The van der Waals surface area contributed by atoms with Crippen LogP contribution in [0.1, 0.15) is 15.9 Å². The summed E-state index contributed by atoms with van der Waals surface area (Å²) in [5, 5.41) is 4.05. The van der Waals surface area contributed by atoms with Crippen LogP contribution in [-0.2, 0) is 0 Å². The second kappa shape index (κ2) is 6.60. The van der Waals surface area contributed by atoms with E-state index in [0.29, 0.717) is 15.6 Å². The fourth-order valence-corrected chi connectivity index (χ4v) is 2.19. The number of rotatable bonds is 4. The molecular weight excluding hydrogens is 293 g/mol. The van der Waals surface area contributed by atoms with Gasteiger partial charge in [0.1, 0.15) is 0 Å². The predicted octanol–water partition coefficient (Wildman–Crippen LogP) is 5.11. The third-order valence-corrected chi connectivity index (χ3v) is 3.12. The smallest absolute Gasteiger partial charge is 0.187 e. The zero-order valence-corrected chi connectivity index (χ0v) is 12.4. The number of allylic oxidation sites excluding steroid dienone is 1. The number of carbonyl (C=O) groups excluding carboxylic acids is 1. The van der Waals surface area contributed by atoms with Gasteiger partial charge in [0.15, 0.2) is 5.78 Å². The third kappa shape index (κ3) is 4.12. The molecule has 102 valence electrons. The van der Waals surface area contributed by atoms with Crippen molar-refractivity contribution in [1.29, 1.82) is 0 Å². The molecular formula is C16H13Cl2NO. The number of halogens is 2. The van der Waals surface area contributed by atoms with Crippen molar-refractivity contribution in [3.8, 4) is 0 Å². The molecule has 0 unspecified atom stereocenters. The van der Waals surface area contributed by atoms with Crippen molar-refractivity contribution in [3.63, 3.8) is 0 Å². The number of carbonyl (C=O) groups is 1. The maximum absolute atomic E-state index is 11.9. The Kier molecular flexibility index (Phi) is 4.83. The Labute approximate surface area is 128 Å². The summed E-state index contributed by atoms with van der Waals surface area (Å²) in [4.78, 5) is 11.9. The molecule has 1 N–H and O–H groups in total. The van der Waals surface area contributed by atoms with Crippen molar-refractivity contribution in [1.82, 2.24) is 0 Å². The van der Waals surface area contributed by atoms with Crippen molar-refractivity contribution in [2.24, 2.45) is 0 Å². The monoisotopic (exact) mass is 305 g/mol. The van der Waals surface area contributed by atoms with E-state index < -0.39 is 0 Å². The van der Waals surface area contributed by atoms with Gasteiger partial charge in [-0.15, -0.1) is 0 Å². The van der Waals surface area contributed by atoms with Crippen LogP contribution in [0, 0.1) is 6.92 Å². The molecule has 0 saturated carbocycles. The number of hydrogen-bond acceptors (Lipinski definition) is 2. The predicted molar refractivity (Wildman–Crippen MR) is 84.7 cm³/mol. The van der Waals surface area contributed by atoms with Gasteiger partial charge in [0.25, 0.3) is 0 Å². The average molecular weight is 306 g/mol. The summed E-state index contributed by atoms with van der Waals surface area (Å²) in [6, 6.07) is 12.5. The Bertz CT molecular complexity index is 628. The molecule has 0 aliphatic rings. The molecule has 20 heavy (non-hydrogen) atoms. The molecule has 0 bridgehead atoms. The van der Waals surface area contributed by atoms with Gasteiger partial charge >= 0.3 is 0 Å². The minimum atomic E-state index is -0.0642. The number of hydrogen-bond donors (Lipinski definition) is 1. The highest BCUT2D eigenvalue weighted by Crippen LogP contribution is 2.22. The highest BCUT2D eigenvalue weighted by molar-refractivity contribution is 6.35. The van der Waals surface area contributed by atoms with Crippen LogP contribution >= 0.6 is 23.2 Å². The van der Waals surface area contributed by atoms with Crippen LogP contribution in [0.25, 0.3) is 0 Å². The Hall–Kier alpha value is -1.77. The molecule has 0 amide bonds. The lowest BCUT2D eigenvalue weighted by molar-refractivity contribution is 0.104. The van der Waals surface area contributed by atoms with Gasteiger partial charge < -0.3 is 5.32 Å². The third-order valence-electron chi connectivity index (χ3n) is 2.68. The van der Waals surface area contributed by atoms with Crippen LogP contribution in [-0.4, -0.2) is 5.78 Å². The molecule has 0 aliphatic carbocycles. The quantitative estimate of drug-likeness (QED) is 0.628. The molecule has 0 spiro atoms. The SMILES string of the molecule is Cc1ccc(C(=O)C=CNc2cc(Cl)cc(Cl)c2)cc1. The highest BCUT2D eigenvalue weighted by Gasteiger charge is 2.00. The van der Waals surface area contributed by atoms with Crippen LogP contribution in [0.3, 0.4) is 0 Å². The molecule has 0 radical (unpaired) electrons. The Morgan fingerprint density at radius 1 is 1.05 bits per heavy atom. The first kappa shape index (κ1) is 14.6. The summed E-state index contributed by atoms with van der Waals surface area (Å²) in [6.45, 7) is 1.98. The first-order chi connectivity index (χ1) is 9.54. The standard InChI is InChI=1S/C16H13Cl2NO/c1-11-2-4-12(5-3-11)16(20)6-7-19-15-9-13(17)8-14(18)10-15/h2-10,19H,1H3. The maximum atomic E-state index is 11.9. The van der Waals surface area contributed by atoms with Gasteiger partial charge in [0.05, 0.1) is 0 Å². The van der Waals surface area contributed by atoms with Crippen LogP contribution in [0.5, 0.6) is 0 Å². The molecule has 0 heterocycles. The van der Waals surface area contributed by atoms with E-state index in [4.69, 9.17) is 23.2 Å². The molecule has 0 aliphatic heterocycles. The van der Waals surface area contributed by atoms with Crippen molar-refractivity contribution < 1.29 is 4.79 Å². The Morgan fingerprint density at radius 3 is 2.25 bits per heavy atom. The van der Waals surface area contributed by atoms with E-state index in [1.807, 2.05) is 19.1 Å². The number of aryl methyl sites for hydroxylation is 1. The Morgan fingerprint density at radius 2 is 1.65 bits per heavy atom. The first-order valence-corrected chi connectivity index (χ1v) is 6.80. The van der Waals surface area contributed by atoms with E-state index in [1.165, 1.54) is 6.08 Å².